The fraction of sp³-hybridized carbons (Fsp3) is 0.250. The normalized spacial score (nSPS) is 12.1. The number of ether oxygens (including phenoxy) is 1. The summed E-state index contributed by atoms with van der Waals surface area (Å²) in [5, 5.41) is 7.93. The molecule has 100 valence electrons. The smallest absolute Gasteiger partial charge is 0.337 e. The standard InChI is InChI=1S/C12H13N3O3S/c1-15-8-13-14-12(15)19(17)7-9-3-5-10(6-4-9)11(16)18-2/h3-6,8H,7H2,1-2H3. The van der Waals surface area contributed by atoms with Gasteiger partial charge < -0.3 is 9.30 Å². The number of methoxy groups -OCH3 is 1. The third kappa shape index (κ3) is 3.05. The van der Waals surface area contributed by atoms with Gasteiger partial charge in [0.05, 0.1) is 29.2 Å². The van der Waals surface area contributed by atoms with Crippen LogP contribution >= 0.6 is 0 Å². The second-order valence-electron chi connectivity index (χ2n) is 3.90. The van der Waals surface area contributed by atoms with Gasteiger partial charge in [0.1, 0.15) is 6.33 Å². The molecule has 1 atom stereocenters. The van der Waals surface area contributed by atoms with Crippen molar-refractivity contribution in [3.05, 3.63) is 41.7 Å². The largest absolute Gasteiger partial charge is 0.465 e. The topological polar surface area (TPSA) is 74.1 Å². The number of carbonyl (C=O) groups is 1. The fourth-order valence-electron chi connectivity index (χ4n) is 1.55. The van der Waals surface area contributed by atoms with Crippen molar-refractivity contribution in [1.82, 2.24) is 14.8 Å². The van der Waals surface area contributed by atoms with E-state index < -0.39 is 10.8 Å². The molecule has 1 unspecified atom stereocenters. The summed E-state index contributed by atoms with van der Waals surface area (Å²) in [4.78, 5) is 11.3. The number of benzene rings is 1. The molecule has 0 bridgehead atoms. The number of hydrogen-bond donors (Lipinski definition) is 0. The summed E-state index contributed by atoms with van der Waals surface area (Å²) in [6.45, 7) is 0. The summed E-state index contributed by atoms with van der Waals surface area (Å²) in [6.07, 6.45) is 1.51. The van der Waals surface area contributed by atoms with E-state index in [-0.39, 0.29) is 5.97 Å². The van der Waals surface area contributed by atoms with Crippen molar-refractivity contribution in [2.24, 2.45) is 7.05 Å². The van der Waals surface area contributed by atoms with Crippen molar-refractivity contribution in [2.45, 2.75) is 10.9 Å². The predicted molar refractivity (Wildman–Crippen MR) is 68.9 cm³/mol. The minimum absolute atomic E-state index is 0.327. The summed E-state index contributed by atoms with van der Waals surface area (Å²) in [5.41, 5.74) is 1.32. The molecule has 0 saturated carbocycles. The molecule has 6 nitrogen and oxygen atoms in total. The Hall–Kier alpha value is -2.02. The lowest BCUT2D eigenvalue weighted by Gasteiger charge is -2.03. The zero-order chi connectivity index (χ0) is 13.8. The second kappa shape index (κ2) is 5.75. The van der Waals surface area contributed by atoms with Gasteiger partial charge in [-0.3, -0.25) is 4.21 Å². The first-order chi connectivity index (χ1) is 9.11. The van der Waals surface area contributed by atoms with Crippen LogP contribution in [0.3, 0.4) is 0 Å². The van der Waals surface area contributed by atoms with Crippen LogP contribution in [-0.4, -0.2) is 32.1 Å². The highest BCUT2D eigenvalue weighted by Gasteiger charge is 2.11. The van der Waals surface area contributed by atoms with E-state index in [1.54, 1.807) is 35.9 Å². The maximum absolute atomic E-state index is 12.1. The van der Waals surface area contributed by atoms with Gasteiger partial charge >= 0.3 is 5.97 Å². The number of aromatic nitrogens is 3. The predicted octanol–water partition coefficient (Wildman–Crippen LogP) is 0.909. The summed E-state index contributed by atoms with van der Waals surface area (Å²) in [5.74, 6) is -0.0606. The average molecular weight is 279 g/mol. The molecule has 0 N–H and O–H groups in total. The van der Waals surface area contributed by atoms with Crippen LogP contribution in [0, 0.1) is 0 Å². The second-order valence-corrected chi connectivity index (χ2v) is 5.25. The minimum atomic E-state index is -1.26. The van der Waals surface area contributed by atoms with Crippen molar-refractivity contribution in [3.8, 4) is 0 Å². The molecule has 2 aromatic rings. The van der Waals surface area contributed by atoms with Crippen molar-refractivity contribution in [2.75, 3.05) is 7.11 Å². The van der Waals surface area contributed by atoms with E-state index in [0.29, 0.717) is 16.5 Å². The first kappa shape index (κ1) is 13.4. The lowest BCUT2D eigenvalue weighted by molar-refractivity contribution is 0.0600. The Morgan fingerprint density at radius 2 is 2.05 bits per heavy atom. The van der Waals surface area contributed by atoms with E-state index in [1.165, 1.54) is 13.4 Å². The minimum Gasteiger partial charge on any atom is -0.465 e. The van der Waals surface area contributed by atoms with Crippen LogP contribution in [-0.2, 0) is 28.3 Å². The molecule has 0 radical (unpaired) electrons. The molecule has 0 aliphatic rings. The van der Waals surface area contributed by atoms with E-state index in [4.69, 9.17) is 0 Å². The van der Waals surface area contributed by atoms with Gasteiger partial charge in [-0.05, 0) is 17.7 Å². The molecule has 0 aliphatic carbocycles. The van der Waals surface area contributed by atoms with Gasteiger partial charge in [0.2, 0.25) is 5.16 Å². The zero-order valence-electron chi connectivity index (χ0n) is 10.6. The first-order valence-electron chi connectivity index (χ1n) is 5.51. The molecule has 1 aromatic carbocycles. The highest BCUT2D eigenvalue weighted by Crippen LogP contribution is 2.11. The van der Waals surface area contributed by atoms with E-state index in [0.717, 1.165) is 5.56 Å². The van der Waals surface area contributed by atoms with Crippen LogP contribution in [0.2, 0.25) is 0 Å². The molecule has 0 fully saturated rings. The molecule has 0 saturated heterocycles. The zero-order valence-corrected chi connectivity index (χ0v) is 11.4. The van der Waals surface area contributed by atoms with Crippen molar-refractivity contribution in [1.29, 1.82) is 0 Å². The van der Waals surface area contributed by atoms with Gasteiger partial charge in [-0.15, -0.1) is 10.2 Å². The number of nitrogens with zero attached hydrogens (tertiary/aromatic N) is 3. The van der Waals surface area contributed by atoms with Crippen LogP contribution in [0.25, 0.3) is 0 Å². The third-order valence-electron chi connectivity index (χ3n) is 2.55. The summed E-state index contributed by atoms with van der Waals surface area (Å²) < 4.78 is 18.3. The Morgan fingerprint density at radius 1 is 1.37 bits per heavy atom. The van der Waals surface area contributed by atoms with Gasteiger partial charge in [0, 0.05) is 7.05 Å². The van der Waals surface area contributed by atoms with Crippen molar-refractivity contribution < 1.29 is 13.7 Å². The van der Waals surface area contributed by atoms with E-state index >= 15 is 0 Å². The van der Waals surface area contributed by atoms with Crippen LogP contribution in [0.15, 0.2) is 35.7 Å². The first-order valence-corrected chi connectivity index (χ1v) is 6.83. The van der Waals surface area contributed by atoms with Crippen molar-refractivity contribution >= 4 is 16.8 Å². The Kier molecular flexibility index (Phi) is 4.06. The van der Waals surface area contributed by atoms with Gasteiger partial charge in [-0.1, -0.05) is 12.1 Å². The molecule has 1 aromatic heterocycles. The maximum Gasteiger partial charge on any atom is 0.337 e. The molecular formula is C12H13N3O3S. The lowest BCUT2D eigenvalue weighted by Crippen LogP contribution is -2.05. The number of aryl methyl sites for hydroxylation is 1. The Balaban J connectivity index is 2.10. The van der Waals surface area contributed by atoms with E-state index in [9.17, 15) is 9.00 Å². The quantitative estimate of drug-likeness (QED) is 0.778. The highest BCUT2D eigenvalue weighted by atomic mass is 32.2. The number of rotatable bonds is 4. The SMILES string of the molecule is COC(=O)c1ccc(CS(=O)c2nncn2C)cc1. The van der Waals surface area contributed by atoms with Gasteiger partial charge in [0.15, 0.2) is 0 Å². The van der Waals surface area contributed by atoms with Gasteiger partial charge in [-0.25, -0.2) is 4.79 Å². The van der Waals surface area contributed by atoms with Crippen LogP contribution in [0.5, 0.6) is 0 Å². The summed E-state index contributed by atoms with van der Waals surface area (Å²) in [6, 6.07) is 6.80. The molecule has 19 heavy (non-hydrogen) atoms. The number of esters is 1. The number of hydrogen-bond acceptors (Lipinski definition) is 5. The van der Waals surface area contributed by atoms with Crippen LogP contribution in [0.1, 0.15) is 15.9 Å². The fourth-order valence-corrected chi connectivity index (χ4v) is 2.68. The Labute approximate surface area is 112 Å². The third-order valence-corrected chi connectivity index (χ3v) is 3.92. The van der Waals surface area contributed by atoms with E-state index in [2.05, 4.69) is 14.9 Å². The van der Waals surface area contributed by atoms with Crippen molar-refractivity contribution in [3.63, 3.8) is 0 Å². The molecule has 0 amide bonds. The molecule has 0 spiro atoms. The van der Waals surface area contributed by atoms with Crippen LogP contribution in [0.4, 0.5) is 0 Å². The monoisotopic (exact) mass is 279 g/mol. The number of carbonyl (C=O) groups excluding carboxylic acids is 1. The van der Waals surface area contributed by atoms with Gasteiger partial charge in [-0.2, -0.15) is 0 Å². The molecular weight excluding hydrogens is 266 g/mol. The van der Waals surface area contributed by atoms with Gasteiger partial charge in [0.25, 0.3) is 0 Å². The van der Waals surface area contributed by atoms with Crippen LogP contribution < -0.4 is 0 Å². The molecule has 1 heterocycles. The highest BCUT2D eigenvalue weighted by molar-refractivity contribution is 7.84. The molecule has 0 aliphatic heterocycles. The Morgan fingerprint density at radius 3 is 2.58 bits per heavy atom. The summed E-state index contributed by atoms with van der Waals surface area (Å²) in [7, 11) is 1.82. The van der Waals surface area contributed by atoms with E-state index in [1.807, 2.05) is 0 Å². The summed E-state index contributed by atoms with van der Waals surface area (Å²) >= 11 is 0. The molecule has 2 rings (SSSR count). The Bertz CT molecular complexity index is 607. The average Bonchev–Trinajstić information content (AvgIpc) is 2.85. The maximum atomic E-state index is 12.1. The lowest BCUT2D eigenvalue weighted by atomic mass is 10.1. The molecule has 7 heteroatoms.